The Morgan fingerprint density at radius 1 is 1.39 bits per heavy atom. The zero-order valence-corrected chi connectivity index (χ0v) is 13.1. The molecule has 1 spiro atoms. The summed E-state index contributed by atoms with van der Waals surface area (Å²) in [6.45, 7) is 0.764. The molecule has 5 rings (SSSR count). The van der Waals surface area contributed by atoms with Gasteiger partial charge in [0.05, 0.1) is 17.6 Å². The maximum Gasteiger partial charge on any atom is 0.167 e. The zero-order valence-electron chi connectivity index (χ0n) is 13.1. The van der Waals surface area contributed by atoms with Gasteiger partial charge in [-0.3, -0.25) is 0 Å². The van der Waals surface area contributed by atoms with Gasteiger partial charge in [-0.15, -0.1) is 0 Å². The van der Waals surface area contributed by atoms with E-state index in [9.17, 15) is 15.3 Å². The van der Waals surface area contributed by atoms with Crippen LogP contribution in [0.2, 0.25) is 0 Å². The highest BCUT2D eigenvalue weighted by Crippen LogP contribution is 2.63. The Balaban J connectivity index is 1.87. The minimum absolute atomic E-state index is 0.0186. The van der Waals surface area contributed by atoms with Crippen molar-refractivity contribution in [3.05, 3.63) is 40.7 Å². The van der Waals surface area contributed by atoms with Gasteiger partial charge in [0, 0.05) is 23.6 Å². The van der Waals surface area contributed by atoms with Crippen molar-refractivity contribution in [1.82, 2.24) is 4.90 Å². The van der Waals surface area contributed by atoms with Crippen LogP contribution in [-0.2, 0) is 18.4 Å². The van der Waals surface area contributed by atoms with Crippen LogP contribution in [0.25, 0.3) is 0 Å². The average Bonchev–Trinajstić information content (AvgIpc) is 2.90. The number of likely N-dealkylation sites (N-methyl/N-ethyl adjacent to an activating group) is 1. The van der Waals surface area contributed by atoms with Crippen LogP contribution in [0.15, 0.2) is 24.0 Å². The normalized spacial score (nSPS) is 40.4. The summed E-state index contributed by atoms with van der Waals surface area (Å²) in [6, 6.07) is 3.98. The molecule has 0 radical (unpaired) electrons. The van der Waals surface area contributed by atoms with Gasteiger partial charge in [-0.1, -0.05) is 12.1 Å². The number of ether oxygens (including phenoxy) is 1. The Labute approximate surface area is 134 Å². The van der Waals surface area contributed by atoms with E-state index in [-0.39, 0.29) is 18.4 Å². The number of rotatable bonds is 1. The molecule has 122 valence electrons. The van der Waals surface area contributed by atoms with E-state index in [0.717, 1.165) is 30.5 Å². The van der Waals surface area contributed by atoms with Crippen molar-refractivity contribution in [1.29, 1.82) is 0 Å². The van der Waals surface area contributed by atoms with Crippen LogP contribution in [0.3, 0.4) is 0 Å². The highest BCUT2D eigenvalue weighted by molar-refractivity contribution is 5.61. The molecule has 0 amide bonds. The van der Waals surface area contributed by atoms with E-state index in [1.807, 2.05) is 6.07 Å². The second-order valence-corrected chi connectivity index (χ2v) is 7.42. The molecular weight excluding hydrogens is 294 g/mol. The molecular formula is C18H21NO4. The summed E-state index contributed by atoms with van der Waals surface area (Å²) in [7, 11) is 2.06. The van der Waals surface area contributed by atoms with Gasteiger partial charge in [0.15, 0.2) is 6.10 Å². The lowest BCUT2D eigenvalue weighted by Gasteiger charge is -2.61. The number of benzene rings is 1. The summed E-state index contributed by atoms with van der Waals surface area (Å²) in [5.74, 6) is 0.893. The molecule has 2 heterocycles. The second-order valence-electron chi connectivity index (χ2n) is 7.42. The summed E-state index contributed by atoms with van der Waals surface area (Å²) in [6.07, 6.45) is 3.13. The highest BCUT2D eigenvalue weighted by atomic mass is 16.5. The van der Waals surface area contributed by atoms with Crippen molar-refractivity contribution < 1.29 is 20.1 Å². The number of nitrogens with zero attached hydrogens (tertiary/aromatic N) is 1. The first-order valence-corrected chi connectivity index (χ1v) is 8.27. The maximum atomic E-state index is 11.7. The molecule has 2 aliphatic carbocycles. The van der Waals surface area contributed by atoms with E-state index in [2.05, 4.69) is 18.0 Å². The molecule has 0 aromatic heterocycles. The van der Waals surface area contributed by atoms with Gasteiger partial charge in [-0.25, -0.2) is 0 Å². The number of piperidine rings is 1. The number of hydrogen-bond acceptors (Lipinski definition) is 5. The molecule has 3 N–H and O–H groups in total. The van der Waals surface area contributed by atoms with E-state index in [0.29, 0.717) is 12.2 Å². The number of hydrogen-bond donors (Lipinski definition) is 3. The van der Waals surface area contributed by atoms with Gasteiger partial charge < -0.3 is 25.0 Å². The SMILES string of the molecule is CN1CC[C@]23c4c5ccc(CO)c4O[C@H]2C(O)=CC[C@@]3(O)[C@H]1C5. The van der Waals surface area contributed by atoms with E-state index in [1.54, 1.807) is 6.08 Å². The third kappa shape index (κ3) is 1.32. The molecule has 2 bridgehead atoms. The molecule has 1 aromatic rings. The Morgan fingerprint density at radius 2 is 2.22 bits per heavy atom. The topological polar surface area (TPSA) is 73.2 Å². The lowest BCUT2D eigenvalue weighted by atomic mass is 9.50. The standard InChI is InChI=1S/C18H21NO4/c1-19-7-6-17-14-10-2-3-11(9-20)15(14)23-16(17)12(21)4-5-18(17,22)13(19)8-10/h2-4,13,16,20-22H,5-9H2,1H3/t13-,16+,17+,18-/m1/s1. The molecule has 2 aliphatic heterocycles. The number of aliphatic hydroxyl groups is 3. The zero-order chi connectivity index (χ0) is 16.0. The molecule has 4 aliphatic rings. The van der Waals surface area contributed by atoms with Gasteiger partial charge >= 0.3 is 0 Å². The smallest absolute Gasteiger partial charge is 0.167 e. The first-order chi connectivity index (χ1) is 11.0. The predicted octanol–water partition coefficient (Wildman–Crippen LogP) is 1.01. The highest BCUT2D eigenvalue weighted by Gasteiger charge is 2.71. The van der Waals surface area contributed by atoms with Gasteiger partial charge in [-0.05, 0) is 38.1 Å². The van der Waals surface area contributed by atoms with Gasteiger partial charge in [-0.2, -0.15) is 0 Å². The Morgan fingerprint density at radius 3 is 3.00 bits per heavy atom. The molecule has 1 saturated heterocycles. The van der Waals surface area contributed by atoms with Crippen LogP contribution in [0.4, 0.5) is 0 Å². The van der Waals surface area contributed by atoms with Gasteiger partial charge in [0.25, 0.3) is 0 Å². The van der Waals surface area contributed by atoms with Gasteiger partial charge in [0.1, 0.15) is 11.5 Å². The lowest BCUT2D eigenvalue weighted by molar-refractivity contribution is -0.163. The van der Waals surface area contributed by atoms with Crippen LogP contribution in [-0.4, -0.2) is 51.6 Å². The third-order valence-corrected chi connectivity index (χ3v) is 6.64. The minimum Gasteiger partial charge on any atom is -0.509 e. The summed E-state index contributed by atoms with van der Waals surface area (Å²) >= 11 is 0. The third-order valence-electron chi connectivity index (χ3n) is 6.64. The second kappa shape index (κ2) is 4.09. The molecule has 5 heteroatoms. The minimum atomic E-state index is -0.941. The molecule has 0 saturated carbocycles. The summed E-state index contributed by atoms with van der Waals surface area (Å²) in [5.41, 5.74) is 1.40. The fourth-order valence-corrected chi connectivity index (χ4v) is 5.55. The van der Waals surface area contributed by atoms with Crippen LogP contribution in [0.1, 0.15) is 29.5 Å². The van der Waals surface area contributed by atoms with E-state index < -0.39 is 17.1 Å². The average molecular weight is 315 g/mol. The Bertz CT molecular complexity index is 745. The first kappa shape index (κ1) is 13.8. The first-order valence-electron chi connectivity index (χ1n) is 8.27. The van der Waals surface area contributed by atoms with Crippen LogP contribution in [0.5, 0.6) is 5.75 Å². The maximum absolute atomic E-state index is 11.7. The molecule has 5 nitrogen and oxygen atoms in total. The quantitative estimate of drug-likeness (QED) is 0.721. The van der Waals surface area contributed by atoms with Crippen LogP contribution in [0, 0.1) is 0 Å². The van der Waals surface area contributed by atoms with E-state index in [1.165, 1.54) is 5.56 Å². The largest absolute Gasteiger partial charge is 0.509 e. The Hall–Kier alpha value is -1.56. The number of aliphatic hydroxyl groups excluding tert-OH is 2. The van der Waals surface area contributed by atoms with Crippen LogP contribution < -0.4 is 4.74 Å². The Kier molecular flexibility index (Phi) is 2.46. The molecule has 1 fully saturated rings. The fourth-order valence-electron chi connectivity index (χ4n) is 5.55. The van der Waals surface area contributed by atoms with E-state index in [4.69, 9.17) is 4.74 Å². The summed E-state index contributed by atoms with van der Waals surface area (Å²) in [5, 5.41) is 31.9. The van der Waals surface area contributed by atoms with Crippen molar-refractivity contribution in [3.8, 4) is 5.75 Å². The van der Waals surface area contributed by atoms with Crippen molar-refractivity contribution >= 4 is 0 Å². The monoisotopic (exact) mass is 315 g/mol. The van der Waals surface area contributed by atoms with E-state index >= 15 is 0 Å². The van der Waals surface area contributed by atoms with Gasteiger partial charge in [0.2, 0.25) is 0 Å². The molecule has 23 heavy (non-hydrogen) atoms. The van der Waals surface area contributed by atoms with Crippen molar-refractivity contribution in [3.63, 3.8) is 0 Å². The number of likely N-dealkylation sites (tertiary alicyclic amines) is 1. The molecule has 4 atom stereocenters. The summed E-state index contributed by atoms with van der Waals surface area (Å²) in [4.78, 5) is 2.24. The van der Waals surface area contributed by atoms with Crippen molar-refractivity contribution in [2.75, 3.05) is 13.6 Å². The summed E-state index contributed by atoms with van der Waals surface area (Å²) < 4.78 is 6.16. The van der Waals surface area contributed by atoms with Crippen molar-refractivity contribution in [2.24, 2.45) is 0 Å². The predicted molar refractivity (Wildman–Crippen MR) is 83.5 cm³/mol. The van der Waals surface area contributed by atoms with Crippen LogP contribution >= 0.6 is 0 Å². The molecule has 0 unspecified atom stereocenters. The molecule has 1 aromatic carbocycles. The fraction of sp³-hybridized carbons (Fsp3) is 0.556. The van der Waals surface area contributed by atoms with Crippen molar-refractivity contribution in [2.45, 2.75) is 49.0 Å². The lowest BCUT2D eigenvalue weighted by Crippen LogP contribution is -2.74.